The van der Waals surface area contributed by atoms with Crippen molar-refractivity contribution in [1.82, 2.24) is 0 Å². The van der Waals surface area contributed by atoms with Gasteiger partial charge in [-0.05, 0) is 54.8 Å². The lowest BCUT2D eigenvalue weighted by molar-refractivity contribution is -0.116. The molecular formula is C19H20N2O5S. The molecule has 0 atom stereocenters. The van der Waals surface area contributed by atoms with Gasteiger partial charge in [0, 0.05) is 19.2 Å². The van der Waals surface area contributed by atoms with E-state index in [0.717, 1.165) is 11.3 Å². The summed E-state index contributed by atoms with van der Waals surface area (Å²) in [5.41, 5.74) is 2.64. The lowest BCUT2D eigenvalue weighted by Crippen LogP contribution is -2.25. The van der Waals surface area contributed by atoms with Gasteiger partial charge in [-0.25, -0.2) is 13.2 Å². The van der Waals surface area contributed by atoms with Crippen LogP contribution in [-0.2, 0) is 26.0 Å². The Labute approximate surface area is 158 Å². The quantitative estimate of drug-likeness (QED) is 0.813. The lowest BCUT2D eigenvalue weighted by Gasteiger charge is -2.16. The van der Waals surface area contributed by atoms with Gasteiger partial charge in [-0.15, -0.1) is 0 Å². The first kappa shape index (κ1) is 18.9. The van der Waals surface area contributed by atoms with Crippen molar-refractivity contribution in [3.8, 4) is 0 Å². The van der Waals surface area contributed by atoms with Crippen LogP contribution in [0.2, 0.25) is 0 Å². The topological polar surface area (TPSA) is 92.8 Å². The minimum atomic E-state index is -3.85. The number of methoxy groups -OCH3 is 1. The summed E-state index contributed by atoms with van der Waals surface area (Å²) in [4.78, 5) is 25.2. The number of nitrogens with zero attached hydrogens (tertiary/aromatic N) is 1. The van der Waals surface area contributed by atoms with E-state index < -0.39 is 16.0 Å². The van der Waals surface area contributed by atoms with E-state index in [2.05, 4.69) is 4.72 Å². The Bertz CT molecular complexity index is 1030. The van der Waals surface area contributed by atoms with Crippen LogP contribution in [0, 0.1) is 6.92 Å². The van der Waals surface area contributed by atoms with Crippen molar-refractivity contribution in [2.45, 2.75) is 25.2 Å². The van der Waals surface area contributed by atoms with Crippen LogP contribution < -0.4 is 9.62 Å². The molecule has 1 amide bonds. The maximum absolute atomic E-state index is 12.8. The molecule has 0 fully saturated rings. The third-order valence-corrected chi connectivity index (χ3v) is 5.98. The number of carbonyl (C=O) groups excluding carboxylic acids is 2. The molecule has 7 nitrogen and oxygen atoms in total. The Balaban J connectivity index is 1.93. The van der Waals surface area contributed by atoms with E-state index >= 15 is 0 Å². The molecule has 1 aliphatic heterocycles. The van der Waals surface area contributed by atoms with Crippen LogP contribution in [0.1, 0.15) is 28.4 Å². The highest BCUT2D eigenvalue weighted by molar-refractivity contribution is 7.92. The number of ether oxygens (including phenoxy) is 1. The van der Waals surface area contributed by atoms with Gasteiger partial charge in [0.1, 0.15) is 0 Å². The van der Waals surface area contributed by atoms with E-state index in [1.807, 2.05) is 0 Å². The van der Waals surface area contributed by atoms with Gasteiger partial charge in [0.2, 0.25) is 5.91 Å². The number of amides is 1. The SMILES string of the molecule is COC(=O)c1cccc(NS(=O)(=O)c2ccc3c(c2)CCN3C(C)=O)c1C. The second-order valence-corrected chi connectivity index (χ2v) is 7.97. The summed E-state index contributed by atoms with van der Waals surface area (Å²) in [5.74, 6) is -0.604. The maximum atomic E-state index is 12.8. The molecule has 2 aromatic rings. The number of benzene rings is 2. The largest absolute Gasteiger partial charge is 0.465 e. The van der Waals surface area contributed by atoms with Gasteiger partial charge in [0.25, 0.3) is 10.0 Å². The van der Waals surface area contributed by atoms with E-state index in [4.69, 9.17) is 4.74 Å². The van der Waals surface area contributed by atoms with Gasteiger partial charge >= 0.3 is 5.97 Å². The molecule has 3 rings (SSSR count). The summed E-state index contributed by atoms with van der Waals surface area (Å²) in [7, 11) is -2.58. The molecule has 1 heterocycles. The molecule has 8 heteroatoms. The number of nitrogens with one attached hydrogen (secondary N) is 1. The smallest absolute Gasteiger partial charge is 0.338 e. The van der Waals surface area contributed by atoms with Crippen molar-refractivity contribution in [2.24, 2.45) is 0 Å². The highest BCUT2D eigenvalue weighted by Crippen LogP contribution is 2.31. The van der Waals surface area contributed by atoms with Gasteiger partial charge in [-0.3, -0.25) is 9.52 Å². The molecule has 0 aliphatic carbocycles. The summed E-state index contributed by atoms with van der Waals surface area (Å²) in [5, 5.41) is 0. The van der Waals surface area contributed by atoms with Crippen molar-refractivity contribution in [3.05, 3.63) is 53.1 Å². The van der Waals surface area contributed by atoms with Crippen molar-refractivity contribution >= 4 is 33.3 Å². The second kappa shape index (κ2) is 7.03. The fraction of sp³-hybridized carbons (Fsp3) is 0.263. The van der Waals surface area contributed by atoms with Crippen molar-refractivity contribution < 1.29 is 22.7 Å². The van der Waals surface area contributed by atoms with E-state index in [1.165, 1.54) is 20.1 Å². The second-order valence-electron chi connectivity index (χ2n) is 6.29. The summed E-state index contributed by atoms with van der Waals surface area (Å²) >= 11 is 0. The fourth-order valence-electron chi connectivity index (χ4n) is 3.15. The standard InChI is InChI=1S/C19H20N2O5S/c1-12-16(19(23)26-3)5-4-6-17(12)20-27(24,25)15-7-8-18-14(11-15)9-10-21(18)13(2)22/h4-8,11,20H,9-10H2,1-3H3. The summed E-state index contributed by atoms with van der Waals surface area (Å²) in [6.07, 6.45) is 0.606. The van der Waals surface area contributed by atoms with E-state index in [9.17, 15) is 18.0 Å². The average Bonchev–Trinajstić information content (AvgIpc) is 3.06. The van der Waals surface area contributed by atoms with Gasteiger partial charge < -0.3 is 9.64 Å². The average molecular weight is 388 g/mol. The van der Waals surface area contributed by atoms with E-state index in [0.29, 0.717) is 29.8 Å². The molecule has 0 bridgehead atoms. The van der Waals surface area contributed by atoms with Crippen LogP contribution in [0.15, 0.2) is 41.3 Å². The molecule has 0 aromatic heterocycles. The minimum absolute atomic E-state index is 0.0715. The van der Waals surface area contributed by atoms with Crippen LogP contribution in [0.25, 0.3) is 0 Å². The number of anilines is 2. The predicted molar refractivity (Wildman–Crippen MR) is 102 cm³/mol. The minimum Gasteiger partial charge on any atom is -0.465 e. The number of fused-ring (bicyclic) bond motifs is 1. The molecule has 0 saturated heterocycles. The molecular weight excluding hydrogens is 368 g/mol. The predicted octanol–water partition coefficient (Wildman–Crippen LogP) is 2.49. The van der Waals surface area contributed by atoms with Crippen LogP contribution in [0.3, 0.4) is 0 Å². The Morgan fingerprint density at radius 1 is 1.19 bits per heavy atom. The van der Waals surface area contributed by atoms with Crippen LogP contribution in [-0.4, -0.2) is 33.9 Å². The Kier molecular flexibility index (Phi) is 4.93. The molecule has 1 aliphatic rings. The molecule has 0 saturated carbocycles. The van der Waals surface area contributed by atoms with Crippen molar-refractivity contribution in [2.75, 3.05) is 23.3 Å². The van der Waals surface area contributed by atoms with Gasteiger partial charge in [-0.1, -0.05) is 6.07 Å². The lowest BCUT2D eigenvalue weighted by atomic mass is 10.1. The third-order valence-electron chi connectivity index (χ3n) is 4.62. The summed E-state index contributed by atoms with van der Waals surface area (Å²) in [6.45, 7) is 3.68. The highest BCUT2D eigenvalue weighted by Gasteiger charge is 2.25. The summed E-state index contributed by atoms with van der Waals surface area (Å²) in [6, 6.07) is 9.46. The van der Waals surface area contributed by atoms with Crippen LogP contribution >= 0.6 is 0 Å². The fourth-order valence-corrected chi connectivity index (χ4v) is 4.33. The Morgan fingerprint density at radius 2 is 1.93 bits per heavy atom. The van der Waals surface area contributed by atoms with Crippen LogP contribution in [0.5, 0.6) is 0 Å². The number of sulfonamides is 1. The highest BCUT2D eigenvalue weighted by atomic mass is 32.2. The van der Waals surface area contributed by atoms with Gasteiger partial charge in [0.15, 0.2) is 0 Å². The first-order valence-corrected chi connectivity index (χ1v) is 9.84. The monoisotopic (exact) mass is 388 g/mol. The Morgan fingerprint density at radius 3 is 2.59 bits per heavy atom. The third kappa shape index (κ3) is 3.52. The molecule has 142 valence electrons. The number of carbonyl (C=O) groups is 2. The maximum Gasteiger partial charge on any atom is 0.338 e. The van der Waals surface area contributed by atoms with Crippen molar-refractivity contribution in [1.29, 1.82) is 0 Å². The number of hydrogen-bond donors (Lipinski definition) is 1. The van der Waals surface area contributed by atoms with Gasteiger partial charge in [-0.2, -0.15) is 0 Å². The first-order valence-electron chi connectivity index (χ1n) is 8.36. The molecule has 0 radical (unpaired) electrons. The van der Waals surface area contributed by atoms with E-state index in [-0.39, 0.29) is 10.8 Å². The van der Waals surface area contributed by atoms with Gasteiger partial charge in [0.05, 0.1) is 23.3 Å². The molecule has 2 aromatic carbocycles. The number of rotatable bonds is 4. The molecule has 0 unspecified atom stereocenters. The molecule has 27 heavy (non-hydrogen) atoms. The molecule has 1 N–H and O–H groups in total. The number of esters is 1. The zero-order valence-electron chi connectivity index (χ0n) is 15.3. The normalized spacial score (nSPS) is 13.2. The van der Waals surface area contributed by atoms with Crippen molar-refractivity contribution in [3.63, 3.8) is 0 Å². The summed E-state index contributed by atoms with van der Waals surface area (Å²) < 4.78 is 32.9. The van der Waals surface area contributed by atoms with Crippen LogP contribution in [0.4, 0.5) is 11.4 Å². The molecule has 0 spiro atoms. The first-order chi connectivity index (χ1) is 12.7. The number of hydrogen-bond acceptors (Lipinski definition) is 5. The zero-order chi connectivity index (χ0) is 19.8. The Hall–Kier alpha value is -2.87. The zero-order valence-corrected chi connectivity index (χ0v) is 16.1. The van der Waals surface area contributed by atoms with E-state index in [1.54, 1.807) is 42.2 Å².